The number of aromatic amines is 1. The van der Waals surface area contributed by atoms with E-state index >= 15 is 0 Å². The molecule has 1 aromatic rings. The smallest absolute Gasteiger partial charge is 0.359 e. The standard InChI is InChI=1S/C11H13F3N2O3/c1-2-18-11(17)9-5-3-7(8(12)10(13)14)19-4-6(5)15-16-9/h7-8,10H,2-4H2,1H3,(H,15,16). The number of nitrogens with zero attached hydrogens (tertiary/aromatic N) is 1. The van der Waals surface area contributed by atoms with E-state index in [0.29, 0.717) is 11.3 Å². The van der Waals surface area contributed by atoms with Crippen molar-refractivity contribution in [1.29, 1.82) is 0 Å². The first-order valence-corrected chi connectivity index (χ1v) is 5.81. The number of ether oxygens (including phenoxy) is 2. The van der Waals surface area contributed by atoms with Crippen molar-refractivity contribution in [3.63, 3.8) is 0 Å². The van der Waals surface area contributed by atoms with Gasteiger partial charge in [-0.05, 0) is 6.92 Å². The Balaban J connectivity index is 2.18. The highest BCUT2D eigenvalue weighted by Gasteiger charge is 2.36. The molecule has 0 saturated carbocycles. The Kier molecular flexibility index (Phi) is 4.08. The lowest BCUT2D eigenvalue weighted by molar-refractivity contribution is -0.0777. The van der Waals surface area contributed by atoms with E-state index in [0.717, 1.165) is 0 Å². The molecule has 0 aliphatic carbocycles. The van der Waals surface area contributed by atoms with Crippen molar-refractivity contribution in [3.05, 3.63) is 17.0 Å². The van der Waals surface area contributed by atoms with E-state index in [9.17, 15) is 18.0 Å². The molecule has 0 aromatic carbocycles. The highest BCUT2D eigenvalue weighted by molar-refractivity contribution is 5.89. The molecule has 0 radical (unpaired) electrons. The Labute approximate surface area is 107 Å². The Hall–Kier alpha value is -1.57. The van der Waals surface area contributed by atoms with Gasteiger partial charge in [-0.15, -0.1) is 0 Å². The summed E-state index contributed by atoms with van der Waals surface area (Å²) in [6.07, 6.45) is -6.92. The number of carbonyl (C=O) groups excluding carboxylic acids is 1. The first-order valence-electron chi connectivity index (χ1n) is 5.81. The third-order valence-corrected chi connectivity index (χ3v) is 2.86. The lowest BCUT2D eigenvalue weighted by atomic mass is 10.00. The van der Waals surface area contributed by atoms with E-state index in [1.165, 1.54) is 0 Å². The molecule has 0 fully saturated rings. The summed E-state index contributed by atoms with van der Waals surface area (Å²) < 4.78 is 47.7. The van der Waals surface area contributed by atoms with Gasteiger partial charge < -0.3 is 9.47 Å². The lowest BCUT2D eigenvalue weighted by Gasteiger charge is -2.25. The normalized spacial score (nSPS) is 20.2. The van der Waals surface area contributed by atoms with Crippen LogP contribution in [-0.2, 0) is 22.5 Å². The van der Waals surface area contributed by atoms with Crippen LogP contribution in [0.25, 0.3) is 0 Å². The van der Waals surface area contributed by atoms with Gasteiger partial charge in [0.25, 0.3) is 6.43 Å². The number of H-pyrrole nitrogens is 1. The van der Waals surface area contributed by atoms with Crippen LogP contribution in [0.1, 0.15) is 28.7 Å². The van der Waals surface area contributed by atoms with Crippen LogP contribution in [0.2, 0.25) is 0 Å². The van der Waals surface area contributed by atoms with Gasteiger partial charge in [0.15, 0.2) is 11.9 Å². The summed E-state index contributed by atoms with van der Waals surface area (Å²) in [7, 11) is 0. The number of nitrogens with one attached hydrogen (secondary N) is 1. The summed E-state index contributed by atoms with van der Waals surface area (Å²) in [4.78, 5) is 11.6. The summed E-state index contributed by atoms with van der Waals surface area (Å²) in [5.74, 6) is -0.659. The van der Waals surface area contributed by atoms with Crippen molar-refractivity contribution >= 4 is 5.97 Å². The molecule has 2 rings (SSSR count). The lowest BCUT2D eigenvalue weighted by Crippen LogP contribution is -2.36. The average molecular weight is 278 g/mol. The second-order valence-electron chi connectivity index (χ2n) is 4.08. The van der Waals surface area contributed by atoms with Gasteiger partial charge >= 0.3 is 5.97 Å². The van der Waals surface area contributed by atoms with Crippen molar-refractivity contribution in [2.75, 3.05) is 6.61 Å². The van der Waals surface area contributed by atoms with Crippen LogP contribution in [-0.4, -0.2) is 41.5 Å². The summed E-state index contributed by atoms with van der Waals surface area (Å²) in [6, 6.07) is 0. The summed E-state index contributed by atoms with van der Waals surface area (Å²) in [5, 5.41) is 6.33. The molecular formula is C11H13F3N2O3. The van der Waals surface area contributed by atoms with Gasteiger partial charge in [-0.25, -0.2) is 18.0 Å². The number of fused-ring (bicyclic) bond motifs is 1. The minimum atomic E-state index is -3.12. The Bertz CT molecular complexity index is 464. The Morgan fingerprint density at radius 3 is 2.95 bits per heavy atom. The van der Waals surface area contributed by atoms with Crippen LogP contribution in [0.3, 0.4) is 0 Å². The SMILES string of the molecule is CCOC(=O)c1n[nH]c2c1CC(C(F)C(F)F)OC2. The van der Waals surface area contributed by atoms with Gasteiger partial charge in [-0.2, -0.15) is 5.10 Å². The van der Waals surface area contributed by atoms with Gasteiger partial charge in [0.05, 0.1) is 25.0 Å². The zero-order chi connectivity index (χ0) is 14.0. The fraction of sp³-hybridized carbons (Fsp3) is 0.636. The maximum absolute atomic E-state index is 13.3. The molecule has 0 spiro atoms. The van der Waals surface area contributed by atoms with E-state index in [4.69, 9.17) is 9.47 Å². The highest BCUT2D eigenvalue weighted by atomic mass is 19.3. The third-order valence-electron chi connectivity index (χ3n) is 2.86. The van der Waals surface area contributed by atoms with Crippen LogP contribution >= 0.6 is 0 Å². The molecule has 1 N–H and O–H groups in total. The molecule has 1 aromatic heterocycles. The summed E-state index contributed by atoms with van der Waals surface area (Å²) in [6.45, 7) is 1.72. The van der Waals surface area contributed by atoms with Crippen LogP contribution in [0.4, 0.5) is 13.2 Å². The van der Waals surface area contributed by atoms with Gasteiger partial charge in [0.2, 0.25) is 0 Å². The summed E-state index contributed by atoms with van der Waals surface area (Å²) >= 11 is 0. The zero-order valence-electron chi connectivity index (χ0n) is 10.2. The second kappa shape index (κ2) is 5.60. The molecule has 2 heterocycles. The third kappa shape index (κ3) is 2.73. The fourth-order valence-electron chi connectivity index (χ4n) is 1.93. The van der Waals surface area contributed by atoms with E-state index in [1.807, 2.05) is 0 Å². The van der Waals surface area contributed by atoms with Crippen molar-refractivity contribution in [1.82, 2.24) is 10.2 Å². The number of hydrogen-bond acceptors (Lipinski definition) is 4. The first-order chi connectivity index (χ1) is 9.04. The molecule has 0 bridgehead atoms. The first kappa shape index (κ1) is 13.9. The van der Waals surface area contributed by atoms with Crippen LogP contribution in [0, 0.1) is 0 Å². The molecule has 8 heteroatoms. The quantitative estimate of drug-likeness (QED) is 0.850. The number of aromatic nitrogens is 2. The topological polar surface area (TPSA) is 64.2 Å². The minimum Gasteiger partial charge on any atom is -0.461 e. The number of carbonyl (C=O) groups is 1. The van der Waals surface area contributed by atoms with Gasteiger partial charge in [-0.1, -0.05) is 0 Å². The van der Waals surface area contributed by atoms with Crippen molar-refractivity contribution in [2.24, 2.45) is 0 Å². The average Bonchev–Trinajstić information content (AvgIpc) is 2.80. The number of alkyl halides is 3. The second-order valence-corrected chi connectivity index (χ2v) is 4.08. The maximum Gasteiger partial charge on any atom is 0.359 e. The predicted octanol–water partition coefficient (Wildman–Crippen LogP) is 1.63. The minimum absolute atomic E-state index is 0.00613. The summed E-state index contributed by atoms with van der Waals surface area (Å²) in [5.41, 5.74) is 0.880. The molecule has 5 nitrogen and oxygen atoms in total. The maximum atomic E-state index is 13.3. The van der Waals surface area contributed by atoms with Gasteiger partial charge in [0, 0.05) is 12.0 Å². The largest absolute Gasteiger partial charge is 0.461 e. The molecular weight excluding hydrogens is 265 g/mol. The molecule has 106 valence electrons. The molecule has 2 atom stereocenters. The molecule has 0 saturated heterocycles. The molecule has 1 aliphatic rings. The monoisotopic (exact) mass is 278 g/mol. The molecule has 0 amide bonds. The number of rotatable bonds is 4. The number of halogens is 3. The van der Waals surface area contributed by atoms with Crippen LogP contribution in [0.5, 0.6) is 0 Å². The van der Waals surface area contributed by atoms with Crippen molar-refractivity contribution in [3.8, 4) is 0 Å². The predicted molar refractivity (Wildman–Crippen MR) is 57.7 cm³/mol. The van der Waals surface area contributed by atoms with Gasteiger partial charge in [0.1, 0.15) is 0 Å². The van der Waals surface area contributed by atoms with Crippen molar-refractivity contribution in [2.45, 2.75) is 38.7 Å². The Morgan fingerprint density at radius 1 is 1.58 bits per heavy atom. The van der Waals surface area contributed by atoms with E-state index in [1.54, 1.807) is 6.92 Å². The van der Waals surface area contributed by atoms with E-state index in [-0.39, 0.29) is 25.3 Å². The Morgan fingerprint density at radius 2 is 2.32 bits per heavy atom. The van der Waals surface area contributed by atoms with Gasteiger partial charge in [-0.3, -0.25) is 5.10 Å². The fourth-order valence-corrected chi connectivity index (χ4v) is 1.93. The van der Waals surface area contributed by atoms with Crippen LogP contribution < -0.4 is 0 Å². The van der Waals surface area contributed by atoms with E-state index < -0.39 is 24.7 Å². The van der Waals surface area contributed by atoms with Crippen LogP contribution in [0.15, 0.2) is 0 Å². The molecule has 1 aliphatic heterocycles. The zero-order valence-corrected chi connectivity index (χ0v) is 10.2. The van der Waals surface area contributed by atoms with E-state index in [2.05, 4.69) is 10.2 Å². The highest BCUT2D eigenvalue weighted by Crippen LogP contribution is 2.27. The molecule has 2 unspecified atom stereocenters. The number of hydrogen-bond donors (Lipinski definition) is 1. The number of esters is 1. The van der Waals surface area contributed by atoms with Crippen molar-refractivity contribution < 1.29 is 27.4 Å². The molecule has 19 heavy (non-hydrogen) atoms.